The van der Waals surface area contributed by atoms with Crippen LogP contribution in [-0.4, -0.2) is 10.7 Å². The van der Waals surface area contributed by atoms with Crippen molar-refractivity contribution in [2.24, 2.45) is 5.73 Å². The van der Waals surface area contributed by atoms with Gasteiger partial charge in [0.2, 0.25) is 0 Å². The number of aromatic nitrogens is 1. The van der Waals surface area contributed by atoms with Gasteiger partial charge in [-0.05, 0) is 17.9 Å². The Hall–Kier alpha value is -1.23. The molecule has 19 heavy (non-hydrogen) atoms. The number of halogens is 1. The van der Waals surface area contributed by atoms with E-state index in [1.807, 2.05) is 12.1 Å². The second kappa shape index (κ2) is 6.80. The number of nitrogens with zero attached hydrogens (tertiary/aromatic N) is 1. The first kappa shape index (κ1) is 14.2. The van der Waals surface area contributed by atoms with E-state index in [0.717, 1.165) is 22.0 Å². The van der Waals surface area contributed by atoms with Crippen LogP contribution in [-0.2, 0) is 6.54 Å². The van der Waals surface area contributed by atoms with Crippen molar-refractivity contribution in [2.45, 2.75) is 18.4 Å². The van der Waals surface area contributed by atoms with Crippen LogP contribution in [0.15, 0.2) is 41.6 Å². The van der Waals surface area contributed by atoms with Gasteiger partial charge in [-0.2, -0.15) is 0 Å². The molecule has 2 N–H and O–H groups in total. The molecule has 0 fully saturated rings. The fraction of sp³-hybridized carbons (Fsp3) is 0.214. The minimum atomic E-state index is 0.437. The SMILES string of the molecule is CCSc1cccc(Oc2cncc(Cl)c2)c1CN. The average Bonchev–Trinajstić information content (AvgIpc) is 2.39. The standard InChI is InChI=1S/C14H15ClN2OS/c1-2-19-14-5-3-4-13(12(14)7-16)18-11-6-10(15)8-17-9-11/h3-6,8-9H,2,7,16H2,1H3. The normalized spacial score (nSPS) is 10.5. The van der Waals surface area contributed by atoms with Crippen LogP contribution in [0.25, 0.3) is 0 Å². The monoisotopic (exact) mass is 294 g/mol. The highest BCUT2D eigenvalue weighted by molar-refractivity contribution is 7.99. The molecule has 0 aliphatic heterocycles. The minimum Gasteiger partial charge on any atom is -0.455 e. The van der Waals surface area contributed by atoms with Gasteiger partial charge in [0.1, 0.15) is 11.5 Å². The molecule has 0 radical (unpaired) electrons. The maximum Gasteiger partial charge on any atom is 0.147 e. The third kappa shape index (κ3) is 3.62. The van der Waals surface area contributed by atoms with Crippen LogP contribution in [0.4, 0.5) is 0 Å². The largest absolute Gasteiger partial charge is 0.455 e. The first-order valence-corrected chi connectivity index (χ1v) is 7.34. The molecule has 2 aromatic rings. The summed E-state index contributed by atoms with van der Waals surface area (Å²) in [6, 6.07) is 7.65. The molecule has 0 amide bonds. The number of hydrogen-bond acceptors (Lipinski definition) is 4. The molecule has 0 bridgehead atoms. The number of benzene rings is 1. The molecule has 0 saturated heterocycles. The molecule has 0 unspecified atom stereocenters. The molecule has 1 aromatic heterocycles. The smallest absolute Gasteiger partial charge is 0.147 e. The fourth-order valence-electron chi connectivity index (χ4n) is 1.71. The zero-order valence-electron chi connectivity index (χ0n) is 10.6. The van der Waals surface area contributed by atoms with E-state index in [1.54, 1.807) is 30.2 Å². The van der Waals surface area contributed by atoms with E-state index < -0.39 is 0 Å². The zero-order chi connectivity index (χ0) is 13.7. The molecule has 1 aromatic carbocycles. The summed E-state index contributed by atoms with van der Waals surface area (Å²) in [6.07, 6.45) is 3.20. The number of thioether (sulfide) groups is 1. The summed E-state index contributed by atoms with van der Waals surface area (Å²) in [5.41, 5.74) is 6.84. The van der Waals surface area contributed by atoms with Gasteiger partial charge in [-0.15, -0.1) is 11.8 Å². The third-order valence-electron chi connectivity index (χ3n) is 2.50. The molecule has 0 atom stereocenters. The molecule has 0 aliphatic rings. The van der Waals surface area contributed by atoms with E-state index >= 15 is 0 Å². The Balaban J connectivity index is 2.31. The molecule has 5 heteroatoms. The van der Waals surface area contributed by atoms with Crippen molar-refractivity contribution in [3.63, 3.8) is 0 Å². The Morgan fingerprint density at radius 1 is 1.37 bits per heavy atom. The molecular weight excluding hydrogens is 280 g/mol. The van der Waals surface area contributed by atoms with E-state index in [2.05, 4.69) is 18.0 Å². The predicted octanol–water partition coefficient (Wildman–Crippen LogP) is 4.10. The van der Waals surface area contributed by atoms with E-state index in [-0.39, 0.29) is 0 Å². The lowest BCUT2D eigenvalue weighted by atomic mass is 10.2. The lowest BCUT2D eigenvalue weighted by molar-refractivity contribution is 0.472. The van der Waals surface area contributed by atoms with Crippen LogP contribution in [0.1, 0.15) is 12.5 Å². The fourth-order valence-corrected chi connectivity index (χ4v) is 2.72. The van der Waals surface area contributed by atoms with Crippen molar-refractivity contribution in [1.29, 1.82) is 0 Å². The summed E-state index contributed by atoms with van der Waals surface area (Å²) in [7, 11) is 0. The maximum absolute atomic E-state index is 5.89. The summed E-state index contributed by atoms with van der Waals surface area (Å²) in [5.74, 6) is 2.36. The van der Waals surface area contributed by atoms with Gasteiger partial charge < -0.3 is 10.5 Å². The van der Waals surface area contributed by atoms with Gasteiger partial charge >= 0.3 is 0 Å². The lowest BCUT2D eigenvalue weighted by Gasteiger charge is -2.13. The topological polar surface area (TPSA) is 48.1 Å². The van der Waals surface area contributed by atoms with Crippen molar-refractivity contribution in [3.05, 3.63) is 47.2 Å². The molecule has 2 rings (SSSR count). The second-order valence-electron chi connectivity index (χ2n) is 3.81. The molecule has 0 aliphatic carbocycles. The van der Waals surface area contributed by atoms with Gasteiger partial charge in [-0.25, -0.2) is 0 Å². The molecule has 0 spiro atoms. The Labute approximate surface area is 122 Å². The maximum atomic E-state index is 5.89. The summed E-state index contributed by atoms with van der Waals surface area (Å²) in [4.78, 5) is 5.15. The first-order chi connectivity index (χ1) is 9.24. The van der Waals surface area contributed by atoms with E-state index in [4.69, 9.17) is 22.1 Å². The van der Waals surface area contributed by atoms with Crippen molar-refractivity contribution in [2.75, 3.05) is 5.75 Å². The highest BCUT2D eigenvalue weighted by atomic mass is 35.5. The Bertz CT molecular complexity index is 563. The summed E-state index contributed by atoms with van der Waals surface area (Å²) >= 11 is 7.65. The van der Waals surface area contributed by atoms with Crippen LogP contribution >= 0.6 is 23.4 Å². The zero-order valence-corrected chi connectivity index (χ0v) is 12.2. The number of pyridine rings is 1. The Morgan fingerprint density at radius 3 is 2.89 bits per heavy atom. The van der Waals surface area contributed by atoms with Crippen LogP contribution < -0.4 is 10.5 Å². The van der Waals surface area contributed by atoms with Gasteiger partial charge in [0.15, 0.2) is 0 Å². The Kier molecular flexibility index (Phi) is 5.07. The molecular formula is C14H15ClN2OS. The average molecular weight is 295 g/mol. The van der Waals surface area contributed by atoms with Crippen LogP contribution in [0.3, 0.4) is 0 Å². The Morgan fingerprint density at radius 2 is 2.21 bits per heavy atom. The van der Waals surface area contributed by atoms with Crippen molar-refractivity contribution >= 4 is 23.4 Å². The molecule has 1 heterocycles. The lowest BCUT2D eigenvalue weighted by Crippen LogP contribution is -2.01. The van der Waals surface area contributed by atoms with Crippen molar-refractivity contribution in [1.82, 2.24) is 4.98 Å². The summed E-state index contributed by atoms with van der Waals surface area (Å²) < 4.78 is 5.83. The van der Waals surface area contributed by atoms with Crippen LogP contribution in [0.5, 0.6) is 11.5 Å². The first-order valence-electron chi connectivity index (χ1n) is 5.97. The van der Waals surface area contributed by atoms with Gasteiger partial charge in [-0.3, -0.25) is 4.98 Å². The second-order valence-corrected chi connectivity index (χ2v) is 5.55. The van der Waals surface area contributed by atoms with E-state index in [0.29, 0.717) is 17.3 Å². The number of nitrogens with two attached hydrogens (primary N) is 1. The minimum absolute atomic E-state index is 0.437. The predicted molar refractivity (Wildman–Crippen MR) is 80.1 cm³/mol. The number of ether oxygens (including phenoxy) is 1. The van der Waals surface area contributed by atoms with Gasteiger partial charge in [0, 0.05) is 29.3 Å². The van der Waals surface area contributed by atoms with Crippen LogP contribution in [0.2, 0.25) is 5.02 Å². The summed E-state index contributed by atoms with van der Waals surface area (Å²) in [6.45, 7) is 2.55. The number of hydrogen-bond donors (Lipinski definition) is 1. The van der Waals surface area contributed by atoms with Crippen molar-refractivity contribution < 1.29 is 4.74 Å². The quantitative estimate of drug-likeness (QED) is 0.844. The molecule has 100 valence electrons. The molecule has 0 saturated carbocycles. The van der Waals surface area contributed by atoms with E-state index in [9.17, 15) is 0 Å². The van der Waals surface area contributed by atoms with E-state index in [1.165, 1.54) is 0 Å². The van der Waals surface area contributed by atoms with Gasteiger partial charge in [0.25, 0.3) is 0 Å². The highest BCUT2D eigenvalue weighted by Crippen LogP contribution is 2.32. The van der Waals surface area contributed by atoms with Crippen molar-refractivity contribution in [3.8, 4) is 11.5 Å². The van der Waals surface area contributed by atoms with Crippen LogP contribution in [0, 0.1) is 0 Å². The van der Waals surface area contributed by atoms with Gasteiger partial charge in [-0.1, -0.05) is 24.6 Å². The third-order valence-corrected chi connectivity index (χ3v) is 3.69. The van der Waals surface area contributed by atoms with Gasteiger partial charge in [0.05, 0.1) is 11.2 Å². The highest BCUT2D eigenvalue weighted by Gasteiger charge is 2.09. The number of rotatable bonds is 5. The summed E-state index contributed by atoms with van der Waals surface area (Å²) in [5, 5.41) is 0.547. The molecule has 3 nitrogen and oxygen atoms in total.